The number of benzene rings is 2. The molecule has 1 N–H and O–H groups in total. The van der Waals surface area contributed by atoms with E-state index in [1.54, 1.807) is 18.1 Å². The molecule has 1 atom stereocenters. The van der Waals surface area contributed by atoms with Gasteiger partial charge in [0.1, 0.15) is 11.3 Å². The standard InChI is InChI=1S/C20H22N2O3/c1-20(19(24)21-14-15-8-4-3-5-9-15)13-12-18(23)22(20)16-10-6-7-11-17(16)25-2/h3-11H,12-14H2,1-2H3,(H,21,24). The molecule has 1 saturated heterocycles. The molecular weight excluding hydrogens is 316 g/mol. The molecule has 3 rings (SSSR count). The fourth-order valence-electron chi connectivity index (χ4n) is 3.25. The fraction of sp³-hybridized carbons (Fsp3) is 0.300. The van der Waals surface area contributed by atoms with Crippen molar-refractivity contribution >= 4 is 17.5 Å². The van der Waals surface area contributed by atoms with E-state index in [9.17, 15) is 9.59 Å². The lowest BCUT2D eigenvalue weighted by Crippen LogP contribution is -2.54. The first-order valence-electron chi connectivity index (χ1n) is 8.34. The van der Waals surface area contributed by atoms with Gasteiger partial charge in [-0.3, -0.25) is 14.5 Å². The molecule has 0 bridgehead atoms. The van der Waals surface area contributed by atoms with Gasteiger partial charge in [0.05, 0.1) is 12.8 Å². The average Bonchev–Trinajstić information content (AvgIpc) is 2.96. The summed E-state index contributed by atoms with van der Waals surface area (Å²) < 4.78 is 5.38. The molecule has 1 heterocycles. The lowest BCUT2D eigenvalue weighted by molar-refractivity contribution is -0.127. The largest absolute Gasteiger partial charge is 0.495 e. The molecule has 2 aromatic rings. The topological polar surface area (TPSA) is 58.6 Å². The second-order valence-corrected chi connectivity index (χ2v) is 6.34. The summed E-state index contributed by atoms with van der Waals surface area (Å²) in [6.45, 7) is 2.24. The molecule has 1 aliphatic rings. The minimum atomic E-state index is -0.930. The smallest absolute Gasteiger partial charge is 0.246 e. The first-order valence-corrected chi connectivity index (χ1v) is 8.34. The highest BCUT2D eigenvalue weighted by molar-refractivity contribution is 6.07. The van der Waals surface area contributed by atoms with E-state index in [-0.39, 0.29) is 11.8 Å². The van der Waals surface area contributed by atoms with Crippen LogP contribution >= 0.6 is 0 Å². The van der Waals surface area contributed by atoms with Gasteiger partial charge in [0.25, 0.3) is 0 Å². The highest BCUT2D eigenvalue weighted by atomic mass is 16.5. The number of methoxy groups -OCH3 is 1. The van der Waals surface area contributed by atoms with Gasteiger partial charge in [0, 0.05) is 13.0 Å². The number of ether oxygens (including phenoxy) is 1. The third-order valence-corrected chi connectivity index (χ3v) is 4.68. The van der Waals surface area contributed by atoms with Gasteiger partial charge in [0.15, 0.2) is 0 Å². The van der Waals surface area contributed by atoms with Gasteiger partial charge in [-0.2, -0.15) is 0 Å². The van der Waals surface area contributed by atoms with Crippen LogP contribution in [0.4, 0.5) is 5.69 Å². The van der Waals surface area contributed by atoms with Crippen LogP contribution in [0.1, 0.15) is 25.3 Å². The Kier molecular flexibility index (Phi) is 4.74. The van der Waals surface area contributed by atoms with Crippen LogP contribution < -0.4 is 15.0 Å². The van der Waals surface area contributed by atoms with Gasteiger partial charge in [-0.15, -0.1) is 0 Å². The van der Waals surface area contributed by atoms with E-state index < -0.39 is 5.54 Å². The fourth-order valence-corrected chi connectivity index (χ4v) is 3.25. The Morgan fingerprint density at radius 2 is 1.84 bits per heavy atom. The normalized spacial score (nSPS) is 19.8. The molecule has 25 heavy (non-hydrogen) atoms. The van der Waals surface area contributed by atoms with Crippen LogP contribution in [0.5, 0.6) is 5.75 Å². The van der Waals surface area contributed by atoms with E-state index >= 15 is 0 Å². The van der Waals surface area contributed by atoms with E-state index in [1.807, 2.05) is 55.5 Å². The molecule has 1 fully saturated rings. The van der Waals surface area contributed by atoms with Crippen molar-refractivity contribution in [3.05, 3.63) is 60.2 Å². The van der Waals surface area contributed by atoms with Gasteiger partial charge in [-0.25, -0.2) is 0 Å². The van der Waals surface area contributed by atoms with Crippen LogP contribution in [0.25, 0.3) is 0 Å². The number of nitrogens with zero attached hydrogens (tertiary/aromatic N) is 1. The maximum atomic E-state index is 12.9. The Labute approximate surface area is 147 Å². The summed E-state index contributed by atoms with van der Waals surface area (Å²) in [5.74, 6) is 0.356. The van der Waals surface area contributed by atoms with Crippen LogP contribution in [-0.2, 0) is 16.1 Å². The highest BCUT2D eigenvalue weighted by Crippen LogP contribution is 2.39. The summed E-state index contributed by atoms with van der Waals surface area (Å²) in [5, 5.41) is 2.97. The van der Waals surface area contributed by atoms with Crippen LogP contribution in [0.2, 0.25) is 0 Å². The minimum absolute atomic E-state index is 0.0677. The molecule has 1 unspecified atom stereocenters. The number of rotatable bonds is 5. The zero-order valence-electron chi connectivity index (χ0n) is 14.5. The quantitative estimate of drug-likeness (QED) is 0.912. The lowest BCUT2D eigenvalue weighted by atomic mass is 9.96. The second-order valence-electron chi connectivity index (χ2n) is 6.34. The minimum Gasteiger partial charge on any atom is -0.495 e. The number of para-hydroxylation sites is 2. The maximum Gasteiger partial charge on any atom is 0.246 e. The molecule has 1 aliphatic heterocycles. The summed E-state index contributed by atoms with van der Waals surface area (Å²) in [5.41, 5.74) is 0.720. The molecule has 5 heteroatoms. The number of hydrogen-bond donors (Lipinski definition) is 1. The van der Waals surface area contributed by atoms with E-state index in [1.165, 1.54) is 0 Å². The number of anilines is 1. The monoisotopic (exact) mass is 338 g/mol. The van der Waals surface area contributed by atoms with Crippen LogP contribution in [0.15, 0.2) is 54.6 Å². The predicted octanol–water partition coefficient (Wildman–Crippen LogP) is 2.90. The summed E-state index contributed by atoms with van der Waals surface area (Å²) in [6, 6.07) is 17.0. The van der Waals surface area contributed by atoms with Crippen molar-refractivity contribution in [3.63, 3.8) is 0 Å². The predicted molar refractivity (Wildman–Crippen MR) is 96.4 cm³/mol. The zero-order valence-corrected chi connectivity index (χ0v) is 14.5. The Hall–Kier alpha value is -2.82. The van der Waals surface area contributed by atoms with E-state index in [2.05, 4.69) is 5.32 Å². The lowest BCUT2D eigenvalue weighted by Gasteiger charge is -2.34. The van der Waals surface area contributed by atoms with Crippen LogP contribution in [-0.4, -0.2) is 24.5 Å². The molecule has 0 radical (unpaired) electrons. The molecule has 0 spiro atoms. The molecule has 0 saturated carbocycles. The molecule has 2 amide bonds. The molecular formula is C20H22N2O3. The number of carbonyl (C=O) groups is 2. The summed E-state index contributed by atoms with van der Waals surface area (Å²) >= 11 is 0. The second kappa shape index (κ2) is 6.97. The molecule has 2 aromatic carbocycles. The highest BCUT2D eigenvalue weighted by Gasteiger charge is 2.48. The van der Waals surface area contributed by atoms with Crippen LogP contribution in [0.3, 0.4) is 0 Å². The summed E-state index contributed by atoms with van der Waals surface area (Å²) in [7, 11) is 1.56. The molecule has 0 aliphatic carbocycles. The molecule has 5 nitrogen and oxygen atoms in total. The third kappa shape index (κ3) is 3.22. The van der Waals surface area contributed by atoms with Gasteiger partial charge >= 0.3 is 0 Å². The Bertz CT molecular complexity index is 776. The molecule has 130 valence electrons. The van der Waals surface area contributed by atoms with Crippen LogP contribution in [0, 0.1) is 0 Å². The SMILES string of the molecule is COc1ccccc1N1C(=O)CCC1(C)C(=O)NCc1ccccc1. The van der Waals surface area contributed by atoms with Crippen molar-refractivity contribution in [1.29, 1.82) is 0 Å². The van der Waals surface area contributed by atoms with Gasteiger partial charge in [-0.05, 0) is 31.0 Å². The first kappa shape index (κ1) is 17.0. The number of nitrogens with one attached hydrogen (secondary N) is 1. The number of hydrogen-bond acceptors (Lipinski definition) is 3. The van der Waals surface area contributed by atoms with Crippen molar-refractivity contribution in [2.45, 2.75) is 31.8 Å². The average molecular weight is 338 g/mol. The maximum absolute atomic E-state index is 12.9. The Balaban J connectivity index is 1.85. The molecule has 0 aromatic heterocycles. The zero-order chi connectivity index (χ0) is 17.9. The third-order valence-electron chi connectivity index (χ3n) is 4.68. The van der Waals surface area contributed by atoms with Crippen molar-refractivity contribution in [2.24, 2.45) is 0 Å². The van der Waals surface area contributed by atoms with Gasteiger partial charge in [0.2, 0.25) is 11.8 Å². The Morgan fingerprint density at radius 3 is 2.56 bits per heavy atom. The Morgan fingerprint density at radius 1 is 1.16 bits per heavy atom. The van der Waals surface area contributed by atoms with Crippen molar-refractivity contribution in [3.8, 4) is 5.75 Å². The van der Waals surface area contributed by atoms with E-state index in [0.717, 1.165) is 5.56 Å². The van der Waals surface area contributed by atoms with Crippen molar-refractivity contribution in [1.82, 2.24) is 5.32 Å². The first-order chi connectivity index (χ1) is 12.1. The van der Waals surface area contributed by atoms with E-state index in [4.69, 9.17) is 4.74 Å². The van der Waals surface area contributed by atoms with Gasteiger partial charge < -0.3 is 10.1 Å². The summed E-state index contributed by atoms with van der Waals surface area (Å²) in [4.78, 5) is 27.0. The van der Waals surface area contributed by atoms with E-state index in [0.29, 0.717) is 30.8 Å². The van der Waals surface area contributed by atoms with Crippen molar-refractivity contribution in [2.75, 3.05) is 12.0 Å². The number of amides is 2. The summed E-state index contributed by atoms with van der Waals surface area (Å²) in [6.07, 6.45) is 0.817. The van der Waals surface area contributed by atoms with Gasteiger partial charge in [-0.1, -0.05) is 42.5 Å². The van der Waals surface area contributed by atoms with Crippen molar-refractivity contribution < 1.29 is 14.3 Å². The number of carbonyl (C=O) groups excluding carboxylic acids is 2.